The maximum absolute atomic E-state index is 10.9. The largest absolute Gasteiger partial charge is 0.465 e. The predicted octanol–water partition coefficient (Wildman–Crippen LogP) is -1.96. The first-order valence-corrected chi connectivity index (χ1v) is 8.22. The van der Waals surface area contributed by atoms with E-state index in [1.807, 2.05) is 0 Å². The fourth-order valence-corrected chi connectivity index (χ4v) is 1.40. The van der Waals surface area contributed by atoms with Crippen LogP contribution in [-0.4, -0.2) is 65.4 Å². The molecule has 1 aromatic carbocycles. The van der Waals surface area contributed by atoms with Gasteiger partial charge in [-0.15, -0.1) is 0 Å². The van der Waals surface area contributed by atoms with Gasteiger partial charge in [-0.3, -0.25) is 0 Å². The summed E-state index contributed by atoms with van der Waals surface area (Å²) < 4.78 is 4.50. The number of nitrogen functional groups attached to an aromatic ring is 1. The number of anilines is 1. The molecule has 25 heavy (non-hydrogen) atoms. The van der Waals surface area contributed by atoms with Crippen molar-refractivity contribution in [2.45, 2.75) is 0 Å². The van der Waals surface area contributed by atoms with Crippen molar-refractivity contribution in [2.24, 2.45) is 22.9 Å². The van der Waals surface area contributed by atoms with Crippen LogP contribution in [0.5, 0.6) is 0 Å². The smallest absolute Gasteiger partial charge is 0.337 e. The van der Waals surface area contributed by atoms with Crippen molar-refractivity contribution in [3.63, 3.8) is 0 Å². The lowest BCUT2D eigenvalue weighted by Gasteiger charge is -1.97. The van der Waals surface area contributed by atoms with Crippen molar-refractivity contribution in [1.29, 1.82) is 0 Å². The fraction of sp³-hybridized carbons (Fsp3) is 0.562. The number of benzene rings is 1. The molecule has 0 bridgehead atoms. The standard InChI is InChI=1S/C8H9NO2.2C4H13N3/c1-11-8(10)6-2-4-7(9)5-3-6;2*5-1-3-7-4-2-6/h2-5H,9H2,1H3;2*7H,1-6H2. The number of carbonyl (C=O) groups is 1. The van der Waals surface area contributed by atoms with Crippen LogP contribution >= 0.6 is 0 Å². The van der Waals surface area contributed by atoms with Gasteiger partial charge in [-0.05, 0) is 24.3 Å². The van der Waals surface area contributed by atoms with Gasteiger partial charge in [-0.25, -0.2) is 4.79 Å². The van der Waals surface area contributed by atoms with Gasteiger partial charge in [0.15, 0.2) is 0 Å². The Kier molecular flexibility index (Phi) is 20.7. The van der Waals surface area contributed by atoms with Gasteiger partial charge in [-0.1, -0.05) is 0 Å². The first kappa shape index (κ1) is 25.5. The summed E-state index contributed by atoms with van der Waals surface area (Å²) in [6.45, 7) is 6.27. The molecule has 0 aromatic heterocycles. The molecule has 0 heterocycles. The molecule has 1 aromatic rings. The number of rotatable bonds is 9. The average Bonchev–Trinajstić information content (AvgIpc) is 2.64. The molecular formula is C16H35N7O2. The highest BCUT2D eigenvalue weighted by Crippen LogP contribution is 2.05. The molecule has 1 rings (SSSR count). The van der Waals surface area contributed by atoms with Crippen LogP contribution in [0.4, 0.5) is 5.69 Å². The Bertz CT molecular complexity index is 384. The van der Waals surface area contributed by atoms with Crippen molar-refractivity contribution in [3.05, 3.63) is 29.8 Å². The molecule has 0 aliphatic rings. The lowest BCUT2D eigenvalue weighted by molar-refractivity contribution is 0.0601. The zero-order chi connectivity index (χ0) is 19.3. The molecule has 146 valence electrons. The number of nitrogens with one attached hydrogen (secondary N) is 2. The van der Waals surface area contributed by atoms with E-state index in [2.05, 4.69) is 15.4 Å². The molecule has 0 spiro atoms. The third-order valence-corrected chi connectivity index (χ3v) is 2.62. The van der Waals surface area contributed by atoms with Crippen LogP contribution in [0.2, 0.25) is 0 Å². The molecule has 0 unspecified atom stereocenters. The summed E-state index contributed by atoms with van der Waals surface area (Å²) >= 11 is 0. The Balaban J connectivity index is 0. The number of hydrogen-bond acceptors (Lipinski definition) is 9. The van der Waals surface area contributed by atoms with Gasteiger partial charge >= 0.3 is 5.97 Å². The summed E-state index contributed by atoms with van der Waals surface area (Å²) in [5.74, 6) is -0.343. The number of esters is 1. The second kappa shape index (κ2) is 20.3. The fourth-order valence-electron chi connectivity index (χ4n) is 1.40. The summed E-state index contributed by atoms with van der Waals surface area (Å²) in [5.41, 5.74) is 27.2. The summed E-state index contributed by atoms with van der Waals surface area (Å²) in [6.07, 6.45) is 0. The molecule has 0 saturated carbocycles. The first-order chi connectivity index (χ1) is 12.1. The first-order valence-electron chi connectivity index (χ1n) is 8.22. The van der Waals surface area contributed by atoms with Crippen molar-refractivity contribution >= 4 is 11.7 Å². The van der Waals surface area contributed by atoms with E-state index in [-0.39, 0.29) is 5.97 Å². The van der Waals surface area contributed by atoms with Crippen LogP contribution in [0.3, 0.4) is 0 Å². The predicted molar refractivity (Wildman–Crippen MR) is 104 cm³/mol. The molecule has 9 heteroatoms. The minimum atomic E-state index is -0.343. The van der Waals surface area contributed by atoms with E-state index in [9.17, 15) is 4.79 Å². The number of ether oxygens (including phenoxy) is 1. The third-order valence-electron chi connectivity index (χ3n) is 2.62. The normalized spacial score (nSPS) is 9.32. The molecule has 0 aliphatic heterocycles. The van der Waals surface area contributed by atoms with Crippen LogP contribution in [0.25, 0.3) is 0 Å². The van der Waals surface area contributed by atoms with E-state index >= 15 is 0 Å². The van der Waals surface area contributed by atoms with Gasteiger partial charge in [0.05, 0.1) is 12.7 Å². The number of methoxy groups -OCH3 is 1. The molecule has 0 amide bonds. The Labute approximate surface area is 150 Å². The highest BCUT2D eigenvalue weighted by atomic mass is 16.5. The number of nitrogens with two attached hydrogens (primary N) is 5. The highest BCUT2D eigenvalue weighted by molar-refractivity contribution is 5.89. The molecule has 0 fully saturated rings. The molecular weight excluding hydrogens is 322 g/mol. The zero-order valence-corrected chi connectivity index (χ0v) is 15.2. The van der Waals surface area contributed by atoms with Crippen molar-refractivity contribution in [2.75, 3.05) is 65.2 Å². The maximum Gasteiger partial charge on any atom is 0.337 e. The summed E-state index contributed by atoms with van der Waals surface area (Å²) in [4.78, 5) is 10.9. The van der Waals surface area contributed by atoms with Crippen LogP contribution < -0.4 is 39.3 Å². The molecule has 0 saturated heterocycles. The Morgan fingerprint density at radius 2 is 1.20 bits per heavy atom. The van der Waals surface area contributed by atoms with Crippen LogP contribution in [0.15, 0.2) is 24.3 Å². The minimum Gasteiger partial charge on any atom is -0.465 e. The molecule has 0 radical (unpaired) electrons. The number of hydrogen-bond donors (Lipinski definition) is 7. The monoisotopic (exact) mass is 357 g/mol. The Hall–Kier alpha value is -1.75. The third kappa shape index (κ3) is 18.4. The van der Waals surface area contributed by atoms with E-state index in [0.717, 1.165) is 26.2 Å². The molecule has 9 nitrogen and oxygen atoms in total. The quantitative estimate of drug-likeness (QED) is 0.150. The van der Waals surface area contributed by atoms with Gasteiger partial charge < -0.3 is 44.0 Å². The summed E-state index contributed by atoms with van der Waals surface area (Å²) in [5, 5.41) is 6.07. The summed E-state index contributed by atoms with van der Waals surface area (Å²) in [7, 11) is 1.35. The van der Waals surface area contributed by atoms with E-state index < -0.39 is 0 Å². The van der Waals surface area contributed by atoms with Gasteiger partial charge in [0.2, 0.25) is 0 Å². The zero-order valence-electron chi connectivity index (χ0n) is 15.2. The average molecular weight is 358 g/mol. The highest BCUT2D eigenvalue weighted by Gasteiger charge is 2.02. The van der Waals surface area contributed by atoms with Crippen molar-refractivity contribution in [3.8, 4) is 0 Å². The number of carbonyl (C=O) groups excluding carboxylic acids is 1. The second-order valence-corrected chi connectivity index (χ2v) is 4.77. The van der Waals surface area contributed by atoms with Crippen LogP contribution in [0.1, 0.15) is 10.4 Å². The van der Waals surface area contributed by atoms with Gasteiger partial charge in [0, 0.05) is 58.0 Å². The van der Waals surface area contributed by atoms with Crippen LogP contribution in [-0.2, 0) is 4.74 Å². The van der Waals surface area contributed by atoms with E-state index in [1.165, 1.54) is 7.11 Å². The van der Waals surface area contributed by atoms with Crippen molar-refractivity contribution < 1.29 is 9.53 Å². The summed E-state index contributed by atoms with van der Waals surface area (Å²) in [6, 6.07) is 6.57. The van der Waals surface area contributed by atoms with Gasteiger partial charge in [-0.2, -0.15) is 0 Å². The van der Waals surface area contributed by atoms with E-state index in [4.69, 9.17) is 28.7 Å². The SMILES string of the molecule is COC(=O)c1ccc(N)cc1.NCCNCCN.NCCNCCN. The lowest BCUT2D eigenvalue weighted by Crippen LogP contribution is -2.27. The van der Waals surface area contributed by atoms with E-state index in [0.29, 0.717) is 37.4 Å². The van der Waals surface area contributed by atoms with Crippen molar-refractivity contribution in [1.82, 2.24) is 10.6 Å². The van der Waals surface area contributed by atoms with Crippen LogP contribution in [0, 0.1) is 0 Å². The lowest BCUT2D eigenvalue weighted by atomic mass is 10.2. The van der Waals surface area contributed by atoms with E-state index in [1.54, 1.807) is 24.3 Å². The Morgan fingerprint density at radius 3 is 1.48 bits per heavy atom. The van der Waals surface area contributed by atoms with Gasteiger partial charge in [0.1, 0.15) is 0 Å². The topological polar surface area (TPSA) is 180 Å². The minimum absolute atomic E-state index is 0.343. The maximum atomic E-state index is 10.9. The molecule has 12 N–H and O–H groups in total. The molecule has 0 aliphatic carbocycles. The second-order valence-electron chi connectivity index (χ2n) is 4.77. The van der Waals surface area contributed by atoms with Gasteiger partial charge in [0.25, 0.3) is 0 Å². The Morgan fingerprint density at radius 1 is 0.840 bits per heavy atom. The molecule has 0 atom stereocenters.